The van der Waals surface area contributed by atoms with Gasteiger partial charge in [-0.25, -0.2) is 0 Å². The summed E-state index contributed by atoms with van der Waals surface area (Å²) in [5, 5.41) is 6.15. The zero-order chi connectivity index (χ0) is 16.4. The minimum absolute atomic E-state index is 0.0277. The number of benzene rings is 1. The molecule has 23 heavy (non-hydrogen) atoms. The summed E-state index contributed by atoms with van der Waals surface area (Å²) in [6.07, 6.45) is 5.50. The molecule has 2 fully saturated rings. The lowest BCUT2D eigenvalue weighted by molar-refractivity contribution is -0.128. The third-order valence-corrected chi connectivity index (χ3v) is 5.25. The summed E-state index contributed by atoms with van der Waals surface area (Å²) >= 11 is 0. The Labute approximate surface area is 138 Å². The van der Waals surface area contributed by atoms with E-state index >= 15 is 0 Å². The summed E-state index contributed by atoms with van der Waals surface area (Å²) in [6.45, 7) is 4.08. The average molecular weight is 314 g/mol. The average Bonchev–Trinajstić information content (AvgIpc) is 3.36. The molecule has 0 bridgehead atoms. The Morgan fingerprint density at radius 2 is 1.52 bits per heavy atom. The molecule has 124 valence electrons. The second-order valence-electron chi connectivity index (χ2n) is 7.07. The Hall–Kier alpha value is -1.84. The Morgan fingerprint density at radius 3 is 2.13 bits per heavy atom. The number of carbonyl (C=O) groups is 2. The van der Waals surface area contributed by atoms with Gasteiger partial charge in [0.25, 0.3) is 0 Å². The molecule has 0 unspecified atom stereocenters. The molecule has 1 aromatic rings. The number of aryl methyl sites for hydroxylation is 1. The number of rotatable bonds is 4. The van der Waals surface area contributed by atoms with Gasteiger partial charge in [0.1, 0.15) is 0 Å². The second kappa shape index (κ2) is 6.73. The van der Waals surface area contributed by atoms with Gasteiger partial charge < -0.3 is 10.6 Å². The van der Waals surface area contributed by atoms with Crippen LogP contribution in [0.2, 0.25) is 0 Å². The summed E-state index contributed by atoms with van der Waals surface area (Å²) < 4.78 is 0. The Morgan fingerprint density at radius 1 is 0.913 bits per heavy atom. The van der Waals surface area contributed by atoms with E-state index in [9.17, 15) is 9.59 Å². The molecule has 4 nitrogen and oxygen atoms in total. The molecule has 2 N–H and O–H groups in total. The molecule has 0 aliphatic heterocycles. The van der Waals surface area contributed by atoms with Gasteiger partial charge in [0, 0.05) is 23.6 Å². The van der Waals surface area contributed by atoms with Crippen molar-refractivity contribution < 1.29 is 9.59 Å². The van der Waals surface area contributed by atoms with E-state index in [4.69, 9.17) is 0 Å². The molecule has 4 heteroatoms. The highest BCUT2D eigenvalue weighted by Crippen LogP contribution is 2.31. The molecule has 0 saturated heterocycles. The van der Waals surface area contributed by atoms with Crippen LogP contribution in [0, 0.1) is 25.7 Å². The van der Waals surface area contributed by atoms with Crippen molar-refractivity contribution in [3.63, 3.8) is 0 Å². The molecule has 1 aromatic carbocycles. The fourth-order valence-electron chi connectivity index (χ4n) is 3.29. The maximum Gasteiger partial charge on any atom is 0.227 e. The highest BCUT2D eigenvalue weighted by Gasteiger charge is 2.32. The second-order valence-corrected chi connectivity index (χ2v) is 7.07. The van der Waals surface area contributed by atoms with Crippen molar-refractivity contribution in [3.8, 4) is 0 Å². The van der Waals surface area contributed by atoms with Crippen molar-refractivity contribution in [2.75, 3.05) is 5.32 Å². The number of carbonyl (C=O) groups excluding carboxylic acids is 2. The van der Waals surface area contributed by atoms with Crippen molar-refractivity contribution in [2.45, 2.75) is 58.4 Å². The smallest absolute Gasteiger partial charge is 0.227 e. The molecule has 2 aliphatic rings. The van der Waals surface area contributed by atoms with Crippen LogP contribution in [-0.4, -0.2) is 17.9 Å². The summed E-state index contributed by atoms with van der Waals surface area (Å²) in [5.41, 5.74) is 3.21. The number of anilines is 1. The number of amides is 2. The van der Waals surface area contributed by atoms with Crippen LogP contribution in [0.4, 0.5) is 5.69 Å². The maximum absolute atomic E-state index is 12.5. The Kier molecular flexibility index (Phi) is 4.69. The van der Waals surface area contributed by atoms with Crippen LogP contribution in [-0.2, 0) is 9.59 Å². The van der Waals surface area contributed by atoms with Crippen molar-refractivity contribution >= 4 is 17.5 Å². The number of hydrogen-bond donors (Lipinski definition) is 2. The molecule has 2 saturated carbocycles. The van der Waals surface area contributed by atoms with Crippen LogP contribution >= 0.6 is 0 Å². The number of nitrogens with one attached hydrogen (secondary N) is 2. The largest absolute Gasteiger partial charge is 0.353 e. The third-order valence-electron chi connectivity index (χ3n) is 5.25. The van der Waals surface area contributed by atoms with Crippen molar-refractivity contribution in [2.24, 2.45) is 11.8 Å². The van der Waals surface area contributed by atoms with Gasteiger partial charge in [0.2, 0.25) is 11.8 Å². The lowest BCUT2D eigenvalue weighted by Crippen LogP contribution is -2.36. The topological polar surface area (TPSA) is 58.2 Å². The molecule has 3 rings (SSSR count). The standard InChI is InChI=1S/C19H26N2O2/c1-12-4-3-5-17(13(12)2)21-19(23)15-8-6-14(7-9-15)18(22)20-16-10-11-16/h3-5,14-16H,6-11H2,1-2H3,(H,20,22)(H,21,23). The van der Waals surface area contributed by atoms with E-state index < -0.39 is 0 Å². The van der Waals surface area contributed by atoms with Gasteiger partial charge >= 0.3 is 0 Å². The quantitative estimate of drug-likeness (QED) is 0.895. The first-order valence-electron chi connectivity index (χ1n) is 8.72. The summed E-state index contributed by atoms with van der Waals surface area (Å²) in [4.78, 5) is 24.6. The molecule has 0 heterocycles. The first-order chi connectivity index (χ1) is 11.0. The van der Waals surface area contributed by atoms with Gasteiger partial charge in [-0.2, -0.15) is 0 Å². The minimum atomic E-state index is 0.0277. The van der Waals surface area contributed by atoms with Crippen molar-refractivity contribution in [1.82, 2.24) is 5.32 Å². The van der Waals surface area contributed by atoms with Crippen LogP contribution < -0.4 is 10.6 Å². The maximum atomic E-state index is 12.5. The van der Waals surface area contributed by atoms with Crippen LogP contribution in [0.5, 0.6) is 0 Å². The fraction of sp³-hybridized carbons (Fsp3) is 0.579. The SMILES string of the molecule is Cc1cccc(NC(=O)C2CCC(C(=O)NC3CC3)CC2)c1C. The summed E-state index contributed by atoms with van der Waals surface area (Å²) in [6, 6.07) is 6.40. The van der Waals surface area contributed by atoms with Crippen LogP contribution in [0.15, 0.2) is 18.2 Å². The minimum Gasteiger partial charge on any atom is -0.353 e. The van der Waals surface area contributed by atoms with E-state index in [1.165, 1.54) is 5.56 Å². The molecule has 2 amide bonds. The molecule has 0 spiro atoms. The normalized spacial score (nSPS) is 24.1. The molecule has 2 aliphatic carbocycles. The highest BCUT2D eigenvalue weighted by atomic mass is 16.2. The highest BCUT2D eigenvalue weighted by molar-refractivity contribution is 5.93. The van der Waals surface area contributed by atoms with Gasteiger partial charge in [0.15, 0.2) is 0 Å². The van der Waals surface area contributed by atoms with Crippen LogP contribution in [0.1, 0.15) is 49.7 Å². The summed E-state index contributed by atoms with van der Waals surface area (Å²) in [5.74, 6) is 0.417. The third kappa shape index (κ3) is 3.92. The number of hydrogen-bond acceptors (Lipinski definition) is 2. The Bertz CT molecular complexity index is 599. The molecular formula is C19H26N2O2. The van der Waals surface area contributed by atoms with Crippen LogP contribution in [0.3, 0.4) is 0 Å². The monoisotopic (exact) mass is 314 g/mol. The lowest BCUT2D eigenvalue weighted by Gasteiger charge is -2.27. The fourth-order valence-corrected chi connectivity index (χ4v) is 3.29. The van der Waals surface area contributed by atoms with Crippen molar-refractivity contribution in [1.29, 1.82) is 0 Å². The Balaban J connectivity index is 1.51. The predicted octanol–water partition coefficient (Wildman–Crippen LogP) is 3.33. The van der Waals surface area contributed by atoms with E-state index in [1.807, 2.05) is 19.1 Å². The first kappa shape index (κ1) is 16.0. The molecular weight excluding hydrogens is 288 g/mol. The van der Waals surface area contributed by atoms with Gasteiger partial charge in [-0.3, -0.25) is 9.59 Å². The molecule has 0 aromatic heterocycles. The van der Waals surface area contributed by atoms with E-state index in [1.54, 1.807) is 0 Å². The van der Waals surface area contributed by atoms with Gasteiger partial charge in [-0.05, 0) is 69.6 Å². The van der Waals surface area contributed by atoms with Gasteiger partial charge in [0.05, 0.1) is 0 Å². The first-order valence-corrected chi connectivity index (χ1v) is 8.72. The molecule has 0 atom stereocenters. The van der Waals surface area contributed by atoms with Gasteiger partial charge in [-0.1, -0.05) is 12.1 Å². The van der Waals surface area contributed by atoms with E-state index in [0.29, 0.717) is 6.04 Å². The van der Waals surface area contributed by atoms with E-state index in [2.05, 4.69) is 23.6 Å². The molecule has 0 radical (unpaired) electrons. The van der Waals surface area contributed by atoms with Crippen LogP contribution in [0.25, 0.3) is 0 Å². The lowest BCUT2D eigenvalue weighted by atomic mass is 9.81. The predicted molar refractivity (Wildman–Crippen MR) is 91.2 cm³/mol. The van der Waals surface area contributed by atoms with E-state index in [0.717, 1.165) is 49.8 Å². The zero-order valence-electron chi connectivity index (χ0n) is 14.0. The summed E-state index contributed by atoms with van der Waals surface area (Å²) in [7, 11) is 0. The van der Waals surface area contributed by atoms with E-state index in [-0.39, 0.29) is 23.7 Å². The van der Waals surface area contributed by atoms with Gasteiger partial charge in [-0.15, -0.1) is 0 Å². The zero-order valence-corrected chi connectivity index (χ0v) is 14.0. The van der Waals surface area contributed by atoms with Crippen molar-refractivity contribution in [3.05, 3.63) is 29.3 Å².